The molecule has 0 bridgehead atoms. The molecule has 1 aromatic heterocycles. The van der Waals surface area contributed by atoms with E-state index >= 15 is 0 Å². The summed E-state index contributed by atoms with van der Waals surface area (Å²) in [5, 5.41) is 0. The summed E-state index contributed by atoms with van der Waals surface area (Å²) >= 11 is 3.38. The maximum atomic E-state index is 5.58. The predicted molar refractivity (Wildman–Crippen MR) is 48.5 cm³/mol. The van der Waals surface area contributed by atoms with Crippen molar-refractivity contribution in [2.24, 2.45) is 0 Å². The van der Waals surface area contributed by atoms with Crippen LogP contribution in [0.25, 0.3) is 0 Å². The van der Waals surface area contributed by atoms with Gasteiger partial charge in [-0.2, -0.15) is 0 Å². The van der Waals surface area contributed by atoms with Gasteiger partial charge in [-0.3, -0.25) is 0 Å². The van der Waals surface area contributed by atoms with E-state index in [1.54, 1.807) is 4.68 Å². The van der Waals surface area contributed by atoms with Gasteiger partial charge in [-0.15, -0.1) is 0 Å². The molecule has 0 amide bonds. The van der Waals surface area contributed by atoms with Crippen molar-refractivity contribution in [3.05, 3.63) is 28.5 Å². The van der Waals surface area contributed by atoms with Crippen LogP contribution in [0.1, 0.15) is 18.9 Å². The van der Waals surface area contributed by atoms with E-state index in [4.69, 9.17) is 5.84 Å². The lowest BCUT2D eigenvalue weighted by molar-refractivity contribution is -0.639. The average Bonchev–Trinajstić information content (AvgIpc) is 1.85. The van der Waals surface area contributed by atoms with Crippen molar-refractivity contribution >= 4 is 15.9 Å². The predicted octanol–water partition coefficient (Wildman–Crippen LogP) is 1.40. The van der Waals surface area contributed by atoms with Crippen LogP contribution in [0.5, 0.6) is 0 Å². The molecule has 0 aliphatic rings. The molecule has 0 radical (unpaired) electrons. The highest BCUT2D eigenvalue weighted by molar-refractivity contribution is 9.10. The molecule has 11 heavy (non-hydrogen) atoms. The Morgan fingerprint density at radius 2 is 2.27 bits per heavy atom. The van der Waals surface area contributed by atoms with E-state index in [0.717, 1.165) is 17.3 Å². The van der Waals surface area contributed by atoms with Crippen LogP contribution in [0.15, 0.2) is 22.9 Å². The van der Waals surface area contributed by atoms with Gasteiger partial charge in [0.15, 0.2) is 0 Å². The van der Waals surface area contributed by atoms with E-state index in [1.807, 2.05) is 12.4 Å². The number of nitrogens with zero attached hydrogens (tertiary/aromatic N) is 1. The van der Waals surface area contributed by atoms with Crippen LogP contribution < -0.4 is 10.5 Å². The number of nitrogens with two attached hydrogens (primary N) is 1. The first-order valence-electron chi connectivity index (χ1n) is 3.68. The van der Waals surface area contributed by atoms with Gasteiger partial charge in [0, 0.05) is 5.56 Å². The Balaban J connectivity index is 2.89. The molecule has 1 heterocycles. The van der Waals surface area contributed by atoms with E-state index in [2.05, 4.69) is 28.9 Å². The van der Waals surface area contributed by atoms with Crippen LogP contribution in [-0.4, -0.2) is 0 Å². The highest BCUT2D eigenvalue weighted by Crippen LogP contribution is 2.09. The molecule has 0 aliphatic carbocycles. The van der Waals surface area contributed by atoms with Gasteiger partial charge in [0.25, 0.3) is 0 Å². The SMILES string of the molecule is CCCc1cc(Br)c[n+](N)c1. The zero-order valence-electron chi connectivity index (χ0n) is 6.55. The number of pyridine rings is 1. The highest BCUT2D eigenvalue weighted by Gasteiger charge is 2.01. The van der Waals surface area contributed by atoms with E-state index < -0.39 is 0 Å². The van der Waals surface area contributed by atoms with E-state index in [0.29, 0.717) is 0 Å². The lowest BCUT2D eigenvalue weighted by Gasteiger charge is -1.95. The summed E-state index contributed by atoms with van der Waals surface area (Å²) in [6.45, 7) is 2.15. The standard InChI is InChI=1S/C8H12BrN2/c1-2-3-7-4-8(9)6-11(10)5-7/h4-6H,2-3,10H2,1H3/q+1. The smallest absolute Gasteiger partial charge is 0.205 e. The third-order valence-electron chi connectivity index (χ3n) is 1.45. The first kappa shape index (κ1) is 8.53. The molecule has 2 nitrogen and oxygen atoms in total. The Kier molecular flexibility index (Phi) is 2.88. The van der Waals surface area contributed by atoms with Crippen LogP contribution in [-0.2, 0) is 6.42 Å². The Bertz CT molecular complexity index is 228. The Labute approximate surface area is 75.1 Å². The van der Waals surface area contributed by atoms with Crippen LogP contribution in [0.3, 0.4) is 0 Å². The van der Waals surface area contributed by atoms with Gasteiger partial charge in [0.1, 0.15) is 0 Å². The van der Waals surface area contributed by atoms with Crippen molar-refractivity contribution in [3.8, 4) is 0 Å². The van der Waals surface area contributed by atoms with Gasteiger partial charge in [-0.05, 0) is 28.4 Å². The minimum atomic E-state index is 1.03. The van der Waals surface area contributed by atoms with Gasteiger partial charge < -0.3 is 0 Å². The largest absolute Gasteiger partial charge is 0.213 e. The summed E-state index contributed by atoms with van der Waals surface area (Å²) in [7, 11) is 0. The lowest BCUT2D eigenvalue weighted by Crippen LogP contribution is -2.44. The molecule has 0 unspecified atom stereocenters. The summed E-state index contributed by atoms with van der Waals surface area (Å²) < 4.78 is 2.61. The fraction of sp³-hybridized carbons (Fsp3) is 0.375. The van der Waals surface area contributed by atoms with Crippen molar-refractivity contribution < 1.29 is 4.68 Å². The van der Waals surface area contributed by atoms with E-state index in [1.165, 1.54) is 5.56 Å². The summed E-state index contributed by atoms with van der Waals surface area (Å²) in [6.07, 6.45) is 6.00. The molecule has 0 spiro atoms. The Morgan fingerprint density at radius 1 is 1.55 bits per heavy atom. The van der Waals surface area contributed by atoms with Gasteiger partial charge in [0.2, 0.25) is 12.4 Å². The third-order valence-corrected chi connectivity index (χ3v) is 1.88. The fourth-order valence-corrected chi connectivity index (χ4v) is 1.58. The maximum Gasteiger partial charge on any atom is 0.213 e. The van der Waals surface area contributed by atoms with Crippen molar-refractivity contribution in [3.63, 3.8) is 0 Å². The Morgan fingerprint density at radius 3 is 2.82 bits per heavy atom. The summed E-state index contributed by atoms with van der Waals surface area (Å²) in [5.41, 5.74) is 1.27. The minimum absolute atomic E-state index is 1.03. The summed E-state index contributed by atoms with van der Waals surface area (Å²) in [5.74, 6) is 5.58. The quantitative estimate of drug-likeness (QED) is 0.587. The monoisotopic (exact) mass is 215 g/mol. The molecule has 60 valence electrons. The molecule has 0 atom stereocenters. The molecular formula is C8H12BrN2+. The van der Waals surface area contributed by atoms with Crippen molar-refractivity contribution in [1.82, 2.24) is 0 Å². The van der Waals surface area contributed by atoms with Crippen LogP contribution in [0, 0.1) is 0 Å². The molecule has 1 rings (SSSR count). The van der Waals surface area contributed by atoms with Crippen LogP contribution >= 0.6 is 15.9 Å². The highest BCUT2D eigenvalue weighted by atomic mass is 79.9. The third kappa shape index (κ3) is 2.50. The number of halogens is 1. The summed E-state index contributed by atoms with van der Waals surface area (Å²) in [4.78, 5) is 0. The molecular weight excluding hydrogens is 204 g/mol. The molecule has 0 fully saturated rings. The molecule has 0 aromatic carbocycles. The zero-order valence-corrected chi connectivity index (χ0v) is 8.13. The van der Waals surface area contributed by atoms with Crippen molar-refractivity contribution in [1.29, 1.82) is 0 Å². The average molecular weight is 216 g/mol. The maximum absolute atomic E-state index is 5.58. The lowest BCUT2D eigenvalue weighted by atomic mass is 10.2. The number of aryl methyl sites for hydroxylation is 1. The fourth-order valence-electron chi connectivity index (χ4n) is 1.05. The number of aromatic nitrogens is 1. The molecule has 0 saturated carbocycles. The number of hydrogen-bond donors (Lipinski definition) is 1. The van der Waals surface area contributed by atoms with E-state index in [9.17, 15) is 0 Å². The topological polar surface area (TPSA) is 29.9 Å². The molecule has 3 heteroatoms. The first-order chi connectivity index (χ1) is 5.22. The number of hydrogen-bond acceptors (Lipinski definition) is 1. The Hall–Kier alpha value is -0.570. The first-order valence-corrected chi connectivity index (χ1v) is 4.47. The second kappa shape index (κ2) is 3.72. The molecule has 2 N–H and O–H groups in total. The van der Waals surface area contributed by atoms with Crippen LogP contribution in [0.2, 0.25) is 0 Å². The second-order valence-corrected chi connectivity index (χ2v) is 3.48. The van der Waals surface area contributed by atoms with Gasteiger partial charge >= 0.3 is 0 Å². The van der Waals surface area contributed by atoms with Crippen LogP contribution in [0.4, 0.5) is 0 Å². The molecule has 0 saturated heterocycles. The zero-order chi connectivity index (χ0) is 8.27. The van der Waals surface area contributed by atoms with Gasteiger partial charge in [-0.1, -0.05) is 18.0 Å². The van der Waals surface area contributed by atoms with E-state index in [-0.39, 0.29) is 0 Å². The van der Waals surface area contributed by atoms with Crippen molar-refractivity contribution in [2.45, 2.75) is 19.8 Å². The van der Waals surface area contributed by atoms with Gasteiger partial charge in [0.05, 0.1) is 4.47 Å². The minimum Gasteiger partial charge on any atom is -0.205 e. The number of nitrogen functional groups attached to an aromatic ring is 1. The van der Waals surface area contributed by atoms with Gasteiger partial charge in [-0.25, -0.2) is 5.84 Å². The summed E-state index contributed by atoms with van der Waals surface area (Å²) in [6, 6.07) is 2.09. The normalized spacial score (nSPS) is 10.0. The molecule has 1 aromatic rings. The number of rotatable bonds is 2. The molecule has 0 aliphatic heterocycles. The second-order valence-electron chi connectivity index (χ2n) is 2.56. The van der Waals surface area contributed by atoms with Crippen molar-refractivity contribution in [2.75, 3.05) is 5.84 Å².